The molecule has 0 aromatic heterocycles. The molecular formula is C21H24OS. The van der Waals surface area contributed by atoms with Gasteiger partial charge in [-0.2, -0.15) is 0 Å². The van der Waals surface area contributed by atoms with E-state index < -0.39 is 0 Å². The zero-order valence-electron chi connectivity index (χ0n) is 14.0. The van der Waals surface area contributed by atoms with Crippen molar-refractivity contribution in [3.8, 4) is 0 Å². The van der Waals surface area contributed by atoms with Crippen molar-refractivity contribution in [2.75, 3.05) is 7.11 Å². The summed E-state index contributed by atoms with van der Waals surface area (Å²) in [7, 11) is 1.71. The van der Waals surface area contributed by atoms with Crippen LogP contribution in [0.15, 0.2) is 59.0 Å². The van der Waals surface area contributed by atoms with Crippen LogP contribution >= 0.6 is 12.6 Å². The van der Waals surface area contributed by atoms with Gasteiger partial charge in [-0.3, -0.25) is 0 Å². The maximum atomic E-state index is 5.12. The highest BCUT2D eigenvalue weighted by Gasteiger charge is 1.98. The standard InChI is InChI=1S/C21H24OS/c1-16(2)21(23)14-19-10-6-17(7-11-19)4-5-18-8-12-20(13-9-18)15-22-3/h4-13,23H,14-15H2,1-3H3. The zero-order chi connectivity index (χ0) is 16.7. The molecular weight excluding hydrogens is 300 g/mol. The summed E-state index contributed by atoms with van der Waals surface area (Å²) in [5, 5.41) is 0. The van der Waals surface area contributed by atoms with E-state index >= 15 is 0 Å². The minimum Gasteiger partial charge on any atom is -0.380 e. The Hall–Kier alpha value is -1.77. The Bertz CT molecular complexity index is 675. The maximum Gasteiger partial charge on any atom is 0.0713 e. The highest BCUT2D eigenvalue weighted by molar-refractivity contribution is 7.84. The second kappa shape index (κ2) is 8.76. The first-order valence-electron chi connectivity index (χ1n) is 7.78. The van der Waals surface area contributed by atoms with Crippen molar-refractivity contribution in [2.45, 2.75) is 26.9 Å². The summed E-state index contributed by atoms with van der Waals surface area (Å²) < 4.78 is 5.12. The average Bonchev–Trinajstić information content (AvgIpc) is 2.55. The Balaban J connectivity index is 2.01. The Morgan fingerprint density at radius 2 is 1.35 bits per heavy atom. The number of allylic oxidation sites excluding steroid dienone is 2. The van der Waals surface area contributed by atoms with Crippen LogP contribution < -0.4 is 0 Å². The summed E-state index contributed by atoms with van der Waals surface area (Å²) in [5.41, 5.74) is 6.14. The van der Waals surface area contributed by atoms with E-state index in [4.69, 9.17) is 4.74 Å². The quantitative estimate of drug-likeness (QED) is 0.524. The van der Waals surface area contributed by atoms with Crippen molar-refractivity contribution >= 4 is 24.8 Å². The topological polar surface area (TPSA) is 9.23 Å². The summed E-state index contributed by atoms with van der Waals surface area (Å²) in [6.07, 6.45) is 5.17. The number of ether oxygens (including phenoxy) is 1. The van der Waals surface area contributed by atoms with E-state index in [1.165, 1.54) is 27.8 Å². The molecule has 0 spiro atoms. The van der Waals surface area contributed by atoms with Gasteiger partial charge in [-0.25, -0.2) is 0 Å². The van der Waals surface area contributed by atoms with Crippen LogP contribution in [-0.4, -0.2) is 7.11 Å². The van der Waals surface area contributed by atoms with Crippen LogP contribution in [0, 0.1) is 0 Å². The first-order chi connectivity index (χ1) is 11.1. The Morgan fingerprint density at radius 1 is 0.870 bits per heavy atom. The highest BCUT2D eigenvalue weighted by Crippen LogP contribution is 2.17. The predicted octanol–water partition coefficient (Wildman–Crippen LogP) is 5.77. The Kier molecular flexibility index (Phi) is 6.69. The number of benzene rings is 2. The summed E-state index contributed by atoms with van der Waals surface area (Å²) in [6.45, 7) is 4.85. The smallest absolute Gasteiger partial charge is 0.0713 e. The lowest BCUT2D eigenvalue weighted by atomic mass is 10.1. The molecule has 0 heterocycles. The van der Waals surface area contributed by atoms with Gasteiger partial charge in [0.15, 0.2) is 0 Å². The lowest BCUT2D eigenvalue weighted by Crippen LogP contribution is -1.87. The van der Waals surface area contributed by atoms with Crippen LogP contribution in [0.1, 0.15) is 36.1 Å². The third kappa shape index (κ3) is 5.74. The predicted molar refractivity (Wildman–Crippen MR) is 104 cm³/mol. The van der Waals surface area contributed by atoms with Gasteiger partial charge in [0, 0.05) is 13.5 Å². The lowest BCUT2D eigenvalue weighted by Gasteiger charge is -2.04. The molecule has 0 saturated carbocycles. The molecule has 0 N–H and O–H groups in total. The van der Waals surface area contributed by atoms with Crippen LogP contribution in [-0.2, 0) is 17.8 Å². The van der Waals surface area contributed by atoms with Gasteiger partial charge in [-0.05, 0) is 41.0 Å². The number of thiol groups is 1. The van der Waals surface area contributed by atoms with Gasteiger partial charge in [0.1, 0.15) is 0 Å². The number of methoxy groups -OCH3 is 1. The third-order valence-corrected chi connectivity index (χ3v) is 4.29. The molecule has 0 radical (unpaired) electrons. The van der Waals surface area contributed by atoms with E-state index in [1.54, 1.807) is 7.11 Å². The highest BCUT2D eigenvalue weighted by atomic mass is 32.1. The van der Waals surface area contributed by atoms with Crippen LogP contribution in [0.5, 0.6) is 0 Å². The van der Waals surface area contributed by atoms with E-state index in [2.05, 4.69) is 87.2 Å². The first-order valence-corrected chi connectivity index (χ1v) is 8.23. The summed E-state index contributed by atoms with van der Waals surface area (Å²) in [5.74, 6) is 0. The van der Waals surface area contributed by atoms with Gasteiger partial charge in [-0.1, -0.05) is 66.3 Å². The van der Waals surface area contributed by atoms with E-state index in [9.17, 15) is 0 Å². The zero-order valence-corrected chi connectivity index (χ0v) is 14.9. The molecule has 0 amide bonds. The van der Waals surface area contributed by atoms with Gasteiger partial charge in [0.2, 0.25) is 0 Å². The number of rotatable bonds is 6. The molecule has 0 aliphatic heterocycles. The molecule has 0 unspecified atom stereocenters. The molecule has 1 nitrogen and oxygen atoms in total. The SMILES string of the molecule is COCc1ccc(C=Cc2ccc(CC(S)=C(C)C)cc2)cc1. The van der Waals surface area contributed by atoms with Gasteiger partial charge in [-0.15, -0.1) is 12.6 Å². The van der Waals surface area contributed by atoms with Crippen molar-refractivity contribution in [1.29, 1.82) is 0 Å². The molecule has 2 rings (SSSR count). The van der Waals surface area contributed by atoms with Crippen LogP contribution in [0.25, 0.3) is 12.2 Å². The minimum atomic E-state index is 0.657. The molecule has 0 atom stereocenters. The van der Waals surface area contributed by atoms with Crippen LogP contribution in [0.2, 0.25) is 0 Å². The number of hydrogen-bond acceptors (Lipinski definition) is 2. The van der Waals surface area contributed by atoms with Crippen molar-refractivity contribution in [2.24, 2.45) is 0 Å². The fourth-order valence-electron chi connectivity index (χ4n) is 2.20. The molecule has 2 aromatic rings. The Morgan fingerprint density at radius 3 is 1.78 bits per heavy atom. The lowest BCUT2D eigenvalue weighted by molar-refractivity contribution is 0.185. The summed E-state index contributed by atoms with van der Waals surface area (Å²) in [6, 6.07) is 17.1. The molecule has 2 aromatic carbocycles. The first kappa shape index (κ1) is 17.6. The van der Waals surface area contributed by atoms with E-state index in [0.717, 1.165) is 11.3 Å². The Labute approximate surface area is 145 Å². The maximum absolute atomic E-state index is 5.12. The molecule has 0 saturated heterocycles. The molecule has 23 heavy (non-hydrogen) atoms. The fourth-order valence-corrected chi connectivity index (χ4v) is 2.38. The molecule has 0 aliphatic rings. The minimum absolute atomic E-state index is 0.657. The van der Waals surface area contributed by atoms with E-state index in [0.29, 0.717) is 6.61 Å². The van der Waals surface area contributed by atoms with Crippen molar-refractivity contribution in [3.63, 3.8) is 0 Å². The monoisotopic (exact) mass is 324 g/mol. The molecule has 0 fully saturated rings. The average molecular weight is 324 g/mol. The second-order valence-corrected chi connectivity index (χ2v) is 6.41. The molecule has 0 bridgehead atoms. The van der Waals surface area contributed by atoms with Crippen LogP contribution in [0.4, 0.5) is 0 Å². The molecule has 2 heteroatoms. The fraction of sp³-hybridized carbons (Fsp3) is 0.238. The van der Waals surface area contributed by atoms with Gasteiger partial charge >= 0.3 is 0 Å². The van der Waals surface area contributed by atoms with Crippen LogP contribution in [0.3, 0.4) is 0 Å². The van der Waals surface area contributed by atoms with Crippen molar-refractivity contribution in [3.05, 3.63) is 81.3 Å². The van der Waals surface area contributed by atoms with Gasteiger partial charge in [0.05, 0.1) is 6.61 Å². The second-order valence-electron chi connectivity index (χ2n) is 5.87. The third-order valence-electron chi connectivity index (χ3n) is 3.69. The van der Waals surface area contributed by atoms with Crippen molar-refractivity contribution in [1.82, 2.24) is 0 Å². The summed E-state index contributed by atoms with van der Waals surface area (Å²) in [4.78, 5) is 1.14. The normalized spacial score (nSPS) is 11.0. The number of hydrogen-bond donors (Lipinski definition) is 1. The van der Waals surface area contributed by atoms with Crippen molar-refractivity contribution < 1.29 is 4.74 Å². The van der Waals surface area contributed by atoms with E-state index in [-0.39, 0.29) is 0 Å². The molecule has 0 aliphatic carbocycles. The molecule has 120 valence electrons. The van der Waals surface area contributed by atoms with Gasteiger partial charge < -0.3 is 4.74 Å². The largest absolute Gasteiger partial charge is 0.380 e. The van der Waals surface area contributed by atoms with Gasteiger partial charge in [0.25, 0.3) is 0 Å². The van der Waals surface area contributed by atoms with E-state index in [1.807, 2.05) is 0 Å². The summed E-state index contributed by atoms with van der Waals surface area (Å²) >= 11 is 4.53.